The number of unbranched alkanes of at least 4 members (excludes halogenated alkanes) is 48. The van der Waals surface area contributed by atoms with Crippen molar-refractivity contribution in [3.63, 3.8) is 0 Å². The van der Waals surface area contributed by atoms with E-state index in [0.717, 1.165) is 51.4 Å². The number of esters is 2. The van der Waals surface area contributed by atoms with Gasteiger partial charge < -0.3 is 33.3 Å². The number of carboxylic acid groups (broad SMARTS) is 1. The molecule has 0 fully saturated rings. The molecule has 0 spiro atoms. The second-order valence-corrected chi connectivity index (χ2v) is 25.5. The van der Waals surface area contributed by atoms with Crippen LogP contribution in [0.1, 0.15) is 361 Å². The molecule has 0 aromatic heterocycles. The average Bonchev–Trinajstić information content (AvgIpc) is 3.44. The maximum Gasteiger partial charge on any atom is 0.306 e. The van der Waals surface area contributed by atoms with Gasteiger partial charge in [-0.2, -0.15) is 0 Å². The van der Waals surface area contributed by atoms with Crippen molar-refractivity contribution in [3.8, 4) is 0 Å². The third-order valence-electron chi connectivity index (χ3n) is 16.2. The molecule has 0 saturated carbocycles. The summed E-state index contributed by atoms with van der Waals surface area (Å²) >= 11 is 0. The Bertz CT molecular complexity index is 1380. The fourth-order valence-electron chi connectivity index (χ4n) is 10.7. The van der Waals surface area contributed by atoms with E-state index in [4.69, 9.17) is 18.9 Å². The maximum atomic E-state index is 12.9. The zero-order chi connectivity index (χ0) is 59.1. The second-order valence-electron chi connectivity index (χ2n) is 25.5. The van der Waals surface area contributed by atoms with Crippen LogP contribution in [0.3, 0.4) is 0 Å². The molecule has 0 saturated heterocycles. The summed E-state index contributed by atoms with van der Waals surface area (Å²) in [5.41, 5.74) is 0. The monoisotopic (exact) mass is 1140 g/mol. The van der Waals surface area contributed by atoms with Crippen LogP contribution in [0.15, 0.2) is 24.3 Å². The van der Waals surface area contributed by atoms with Crippen LogP contribution in [0, 0.1) is 0 Å². The largest absolute Gasteiger partial charge is 0.545 e. The highest BCUT2D eigenvalue weighted by atomic mass is 16.7. The van der Waals surface area contributed by atoms with Crippen molar-refractivity contribution in [3.05, 3.63) is 24.3 Å². The lowest BCUT2D eigenvalue weighted by Gasteiger charge is -2.26. The molecule has 2 unspecified atom stereocenters. The number of hydrogen-bond acceptors (Lipinski definition) is 8. The highest BCUT2D eigenvalue weighted by Gasteiger charge is 2.22. The smallest absolute Gasteiger partial charge is 0.306 e. The Morgan fingerprint density at radius 2 is 0.667 bits per heavy atom. The fraction of sp³-hybridized carbons (Fsp3) is 0.903. The minimum absolute atomic E-state index is 0.149. The summed E-state index contributed by atoms with van der Waals surface area (Å²) in [6.07, 6.45) is 75.6. The lowest BCUT2D eigenvalue weighted by molar-refractivity contribution is -0.870. The lowest BCUT2D eigenvalue weighted by Crippen LogP contribution is -2.44. The molecule has 0 aliphatic heterocycles. The average molecular weight is 1140 g/mol. The summed E-state index contributed by atoms with van der Waals surface area (Å²) in [5.74, 6) is -2.26. The number of carbonyl (C=O) groups excluding carboxylic acids is 3. The van der Waals surface area contributed by atoms with Crippen molar-refractivity contribution in [2.24, 2.45) is 0 Å². The summed E-state index contributed by atoms with van der Waals surface area (Å²) in [4.78, 5) is 37.4. The van der Waals surface area contributed by atoms with Crippen molar-refractivity contribution >= 4 is 17.9 Å². The Labute approximate surface area is 503 Å². The van der Waals surface area contributed by atoms with Crippen LogP contribution in [0.2, 0.25) is 0 Å². The third kappa shape index (κ3) is 65.2. The summed E-state index contributed by atoms with van der Waals surface area (Å²) in [7, 11) is 5.94. The highest BCUT2D eigenvalue weighted by molar-refractivity contribution is 5.70. The van der Waals surface area contributed by atoms with Crippen molar-refractivity contribution in [1.29, 1.82) is 0 Å². The van der Waals surface area contributed by atoms with E-state index in [2.05, 4.69) is 38.2 Å². The molecule has 0 aromatic carbocycles. The lowest BCUT2D eigenvalue weighted by atomic mass is 10.0. The number of likely N-dealkylation sites (N-methyl/N-ethyl adjacent to an activating group) is 1. The number of aliphatic carboxylic acids is 1. The van der Waals surface area contributed by atoms with Gasteiger partial charge in [0, 0.05) is 12.8 Å². The van der Waals surface area contributed by atoms with Crippen LogP contribution in [0.5, 0.6) is 0 Å². The maximum absolute atomic E-state index is 12.9. The predicted octanol–water partition coefficient (Wildman–Crippen LogP) is 20.5. The van der Waals surface area contributed by atoms with Crippen molar-refractivity contribution in [2.75, 3.05) is 47.5 Å². The molecule has 0 aliphatic rings. The molecule has 9 heteroatoms. The quantitative estimate of drug-likeness (QED) is 0.0195. The van der Waals surface area contributed by atoms with Gasteiger partial charge >= 0.3 is 11.9 Å². The van der Waals surface area contributed by atoms with Gasteiger partial charge in [0.1, 0.15) is 13.2 Å². The van der Waals surface area contributed by atoms with Gasteiger partial charge in [0.15, 0.2) is 12.4 Å². The van der Waals surface area contributed by atoms with E-state index in [1.165, 1.54) is 276 Å². The van der Waals surface area contributed by atoms with Crippen molar-refractivity contribution < 1.29 is 42.9 Å². The first-order valence-corrected chi connectivity index (χ1v) is 35.5. The predicted molar refractivity (Wildman–Crippen MR) is 343 cm³/mol. The van der Waals surface area contributed by atoms with E-state index in [9.17, 15) is 19.5 Å². The number of ether oxygens (including phenoxy) is 4. The molecule has 0 heterocycles. The molecule has 0 rings (SSSR count). The standard InChI is InChI=1S/C72H137NO8/c1-6-8-10-12-14-16-18-20-22-24-26-28-29-30-31-32-33-34-35-36-37-38-39-40-41-43-44-46-48-50-52-54-56-58-60-62-69(74)79-66-68(67-80-72(71(76)77)78-65-64-73(3,4)5)81-70(75)63-61-59-57-55-53-51-49-47-45-42-27-25-23-21-19-17-15-13-11-9-7-2/h19,21,25,27,68,72H,6-18,20,22-24,26,28-67H2,1-5H3/b21-19-,27-25-. The first kappa shape index (κ1) is 78.8. The normalized spacial score (nSPS) is 12.8. The van der Waals surface area contributed by atoms with Gasteiger partial charge in [-0.1, -0.05) is 327 Å². The Hall–Kier alpha value is -2.23. The van der Waals surface area contributed by atoms with Crippen molar-refractivity contribution in [2.45, 2.75) is 373 Å². The van der Waals surface area contributed by atoms with Crippen LogP contribution in [0.4, 0.5) is 0 Å². The molecular weight excluding hydrogens is 1010 g/mol. The molecular formula is C72H137NO8. The Kier molecular flexibility index (Phi) is 62.0. The van der Waals surface area contributed by atoms with E-state index >= 15 is 0 Å². The van der Waals surface area contributed by atoms with Gasteiger partial charge in [-0.3, -0.25) is 9.59 Å². The zero-order valence-corrected chi connectivity index (χ0v) is 54.7. The number of rotatable bonds is 67. The minimum Gasteiger partial charge on any atom is -0.545 e. The Morgan fingerprint density at radius 1 is 0.370 bits per heavy atom. The second kappa shape index (κ2) is 63.8. The van der Waals surface area contributed by atoms with Crippen LogP contribution < -0.4 is 5.11 Å². The number of allylic oxidation sites excluding steroid dienone is 4. The molecule has 0 amide bonds. The molecule has 0 bridgehead atoms. The van der Waals surface area contributed by atoms with Gasteiger partial charge in [0.25, 0.3) is 0 Å². The van der Waals surface area contributed by atoms with Gasteiger partial charge in [-0.15, -0.1) is 0 Å². The number of nitrogens with zero attached hydrogens (tertiary/aromatic N) is 1. The molecule has 0 N–H and O–H groups in total. The number of hydrogen-bond donors (Lipinski definition) is 0. The summed E-state index contributed by atoms with van der Waals surface area (Å²) in [5, 5.41) is 11.8. The van der Waals surface area contributed by atoms with Gasteiger partial charge in [-0.05, 0) is 44.9 Å². The van der Waals surface area contributed by atoms with Crippen LogP contribution in [-0.2, 0) is 33.3 Å². The molecule has 81 heavy (non-hydrogen) atoms. The molecule has 478 valence electrons. The summed E-state index contributed by atoms with van der Waals surface area (Å²) < 4.78 is 22.8. The van der Waals surface area contributed by atoms with Crippen molar-refractivity contribution in [1.82, 2.24) is 0 Å². The minimum atomic E-state index is -1.62. The van der Waals surface area contributed by atoms with E-state index < -0.39 is 24.3 Å². The highest BCUT2D eigenvalue weighted by Crippen LogP contribution is 2.19. The van der Waals surface area contributed by atoms with Crippen LogP contribution in [0.25, 0.3) is 0 Å². The van der Waals surface area contributed by atoms with E-state index in [1.54, 1.807) is 0 Å². The summed E-state index contributed by atoms with van der Waals surface area (Å²) in [6, 6.07) is 0. The zero-order valence-electron chi connectivity index (χ0n) is 54.7. The van der Waals surface area contributed by atoms with Gasteiger partial charge in [0.05, 0.1) is 40.3 Å². The third-order valence-corrected chi connectivity index (χ3v) is 16.2. The SMILES string of the molecule is CCCCCCC/C=C\C/C=C\CCCCCCCCCCCC(=O)OC(COC(=O)CCCCCCCCCCCCCCCCCCCCCCCCCCCCCCCCCCCCC)COC(OCC[N+](C)(C)C)C(=O)[O-]. The first-order chi connectivity index (χ1) is 39.6. The van der Waals surface area contributed by atoms with E-state index in [0.29, 0.717) is 23.9 Å². The molecule has 9 nitrogen and oxygen atoms in total. The Balaban J connectivity index is 3.99. The summed E-state index contributed by atoms with van der Waals surface area (Å²) in [6.45, 7) is 4.80. The van der Waals surface area contributed by atoms with E-state index in [-0.39, 0.29) is 32.2 Å². The number of quaternary nitrogens is 1. The number of carbonyl (C=O) groups is 3. The van der Waals surface area contributed by atoms with Crippen LogP contribution in [-0.4, -0.2) is 82.3 Å². The number of carboxylic acids is 1. The topological polar surface area (TPSA) is 111 Å². The molecule has 2 atom stereocenters. The Morgan fingerprint density at radius 3 is 0.975 bits per heavy atom. The molecule has 0 aliphatic carbocycles. The fourth-order valence-corrected chi connectivity index (χ4v) is 10.7. The van der Waals surface area contributed by atoms with E-state index in [1.807, 2.05) is 21.1 Å². The molecule has 0 radical (unpaired) electrons. The molecule has 0 aromatic rings. The van der Waals surface area contributed by atoms with Gasteiger partial charge in [0.2, 0.25) is 0 Å². The van der Waals surface area contributed by atoms with Gasteiger partial charge in [-0.25, -0.2) is 0 Å². The first-order valence-electron chi connectivity index (χ1n) is 35.5. The van der Waals surface area contributed by atoms with Crippen LogP contribution >= 0.6 is 0 Å².